The average Bonchev–Trinajstić information content (AvgIpc) is 2.73. The van der Waals surface area contributed by atoms with Crippen LogP contribution in [-0.2, 0) is 13.0 Å². The van der Waals surface area contributed by atoms with Crippen LogP contribution in [0.4, 0.5) is 4.39 Å². The number of benzene rings is 2. The van der Waals surface area contributed by atoms with Crippen LogP contribution in [0.2, 0.25) is 5.02 Å². The Bertz CT molecular complexity index is 1330. The number of hydrogen-bond acceptors (Lipinski definition) is 4. The number of rotatable bonds is 4. The summed E-state index contributed by atoms with van der Waals surface area (Å²) >= 11 is 5.86. The van der Waals surface area contributed by atoms with E-state index in [0.717, 1.165) is 22.2 Å². The number of aromatic nitrogens is 4. The predicted molar refractivity (Wildman–Crippen MR) is 122 cm³/mol. The SMILES string of the molecule is CC.Cc1cc2nc3c(=O)[nH]c(=O)nc-3n(CCCc3ccc(F)c(Cl)c3)c2cc1C. The molecule has 6 nitrogen and oxygen atoms in total. The number of nitrogens with one attached hydrogen (secondary N) is 1. The average molecular weight is 443 g/mol. The molecule has 2 aliphatic rings. The second-order valence-corrected chi connectivity index (χ2v) is 7.49. The number of hydrogen-bond donors (Lipinski definition) is 1. The topological polar surface area (TPSA) is 80.6 Å². The van der Waals surface area contributed by atoms with Gasteiger partial charge in [0, 0.05) is 6.54 Å². The van der Waals surface area contributed by atoms with Gasteiger partial charge in [-0.25, -0.2) is 14.2 Å². The molecule has 4 rings (SSSR count). The molecule has 1 N–H and O–H groups in total. The minimum atomic E-state index is -0.702. The quantitative estimate of drug-likeness (QED) is 0.466. The van der Waals surface area contributed by atoms with Crippen molar-refractivity contribution >= 4 is 22.6 Å². The van der Waals surface area contributed by atoms with E-state index in [1.54, 1.807) is 12.1 Å². The van der Waals surface area contributed by atoms with Gasteiger partial charge >= 0.3 is 5.69 Å². The lowest BCUT2D eigenvalue weighted by Crippen LogP contribution is -2.29. The van der Waals surface area contributed by atoms with Crippen molar-refractivity contribution in [2.24, 2.45) is 0 Å². The molecule has 0 aliphatic carbocycles. The van der Waals surface area contributed by atoms with Gasteiger partial charge in [-0.1, -0.05) is 31.5 Å². The van der Waals surface area contributed by atoms with Crippen LogP contribution in [0, 0.1) is 19.7 Å². The van der Waals surface area contributed by atoms with Gasteiger partial charge in [-0.2, -0.15) is 4.98 Å². The van der Waals surface area contributed by atoms with Crippen LogP contribution in [0.25, 0.3) is 22.6 Å². The van der Waals surface area contributed by atoms with Gasteiger partial charge in [0.05, 0.1) is 16.1 Å². The Balaban J connectivity index is 0.00000132. The van der Waals surface area contributed by atoms with Gasteiger partial charge in [0.1, 0.15) is 5.82 Å². The fraction of sp³-hybridized carbons (Fsp3) is 0.304. The van der Waals surface area contributed by atoms with Gasteiger partial charge in [0.25, 0.3) is 5.56 Å². The van der Waals surface area contributed by atoms with Crippen molar-refractivity contribution in [2.75, 3.05) is 0 Å². The van der Waals surface area contributed by atoms with Crippen molar-refractivity contribution in [3.8, 4) is 11.5 Å². The monoisotopic (exact) mass is 442 g/mol. The van der Waals surface area contributed by atoms with E-state index in [1.165, 1.54) is 6.07 Å². The molecule has 31 heavy (non-hydrogen) atoms. The second-order valence-electron chi connectivity index (χ2n) is 7.08. The molecular weight excluding hydrogens is 419 g/mol. The number of halogens is 2. The summed E-state index contributed by atoms with van der Waals surface area (Å²) < 4.78 is 15.2. The van der Waals surface area contributed by atoms with Gasteiger partial charge in [-0.15, -0.1) is 0 Å². The van der Waals surface area contributed by atoms with Crippen molar-refractivity contribution in [3.63, 3.8) is 0 Å². The molecule has 0 amide bonds. The van der Waals surface area contributed by atoms with Gasteiger partial charge < -0.3 is 4.57 Å². The van der Waals surface area contributed by atoms with E-state index in [2.05, 4.69) is 15.0 Å². The van der Waals surface area contributed by atoms with Crippen LogP contribution in [-0.4, -0.2) is 19.5 Å². The van der Waals surface area contributed by atoms with E-state index in [-0.39, 0.29) is 16.5 Å². The lowest BCUT2D eigenvalue weighted by atomic mass is 10.1. The molecule has 2 aromatic carbocycles. The summed E-state index contributed by atoms with van der Waals surface area (Å²) in [6.07, 6.45) is 1.33. The summed E-state index contributed by atoms with van der Waals surface area (Å²) in [5.74, 6) is -0.195. The van der Waals surface area contributed by atoms with Crippen molar-refractivity contribution in [2.45, 2.75) is 47.1 Å². The van der Waals surface area contributed by atoms with Crippen LogP contribution >= 0.6 is 11.6 Å². The predicted octanol–water partition coefficient (Wildman–Crippen LogP) is 4.65. The fourth-order valence-electron chi connectivity index (χ4n) is 3.41. The molecule has 0 radical (unpaired) electrons. The molecule has 0 saturated heterocycles. The Labute approximate surface area is 184 Å². The molecule has 2 heterocycles. The molecule has 8 heteroatoms. The van der Waals surface area contributed by atoms with Gasteiger partial charge in [0.2, 0.25) is 0 Å². The largest absolute Gasteiger partial charge is 0.349 e. The van der Waals surface area contributed by atoms with Crippen LogP contribution in [0.1, 0.15) is 37.0 Å². The number of aromatic amines is 1. The van der Waals surface area contributed by atoms with Crippen LogP contribution in [0.15, 0.2) is 39.9 Å². The Morgan fingerprint density at radius 1 is 1.06 bits per heavy atom. The Kier molecular flexibility index (Phi) is 6.85. The maximum atomic E-state index is 13.4. The second kappa shape index (κ2) is 9.39. The number of aryl methyl sites for hydroxylation is 4. The first-order chi connectivity index (χ1) is 14.8. The Morgan fingerprint density at radius 2 is 1.77 bits per heavy atom. The third-order valence-electron chi connectivity index (χ3n) is 5.06. The third kappa shape index (κ3) is 4.66. The lowest BCUT2D eigenvalue weighted by Gasteiger charge is -2.17. The highest BCUT2D eigenvalue weighted by Crippen LogP contribution is 2.24. The zero-order chi connectivity index (χ0) is 22.7. The number of H-pyrrole nitrogens is 1. The highest BCUT2D eigenvalue weighted by atomic mass is 35.5. The summed E-state index contributed by atoms with van der Waals surface area (Å²) in [7, 11) is 0. The van der Waals surface area contributed by atoms with E-state index >= 15 is 0 Å². The van der Waals surface area contributed by atoms with Crippen molar-refractivity contribution in [1.29, 1.82) is 0 Å². The maximum absolute atomic E-state index is 13.4. The Hall–Kier alpha value is -3.06. The molecule has 0 atom stereocenters. The fourth-order valence-corrected chi connectivity index (χ4v) is 3.62. The minimum Gasteiger partial charge on any atom is -0.322 e. The maximum Gasteiger partial charge on any atom is 0.349 e. The summed E-state index contributed by atoms with van der Waals surface area (Å²) in [4.78, 5) is 34.7. The molecular formula is C23H24ClFN4O2. The normalized spacial score (nSPS) is 10.9. The van der Waals surface area contributed by atoms with Gasteiger partial charge in [0.15, 0.2) is 11.5 Å². The van der Waals surface area contributed by atoms with Crippen LogP contribution in [0.5, 0.6) is 0 Å². The first kappa shape index (κ1) is 22.6. The van der Waals surface area contributed by atoms with Crippen molar-refractivity contribution in [3.05, 3.63) is 78.7 Å². The highest BCUT2D eigenvalue weighted by molar-refractivity contribution is 6.30. The summed E-state index contributed by atoms with van der Waals surface area (Å²) in [6, 6.07) is 8.56. The third-order valence-corrected chi connectivity index (χ3v) is 5.35. The van der Waals surface area contributed by atoms with Gasteiger partial charge in [-0.3, -0.25) is 9.78 Å². The molecule has 0 unspecified atom stereocenters. The first-order valence-electron chi connectivity index (χ1n) is 10.2. The van der Waals surface area contributed by atoms with Crippen LogP contribution in [0.3, 0.4) is 0 Å². The summed E-state index contributed by atoms with van der Waals surface area (Å²) in [5, 5.41) is 0.0882. The molecule has 0 spiro atoms. The lowest BCUT2D eigenvalue weighted by molar-refractivity contribution is 0.624. The Morgan fingerprint density at radius 3 is 2.48 bits per heavy atom. The molecule has 0 fully saturated rings. The van der Waals surface area contributed by atoms with E-state index in [1.807, 2.05) is 44.4 Å². The smallest absolute Gasteiger partial charge is 0.322 e. The standard InChI is InChI=1S/C21H18ClFN4O2.C2H6/c1-11-8-16-17(9-12(11)2)27(19-18(24-16)20(28)26-21(29)25-19)7-3-4-13-5-6-15(23)14(22)10-13;1-2/h5-6,8-10H,3-4,7H2,1-2H3,(H,26,28,29);1-2H3. The summed E-state index contributed by atoms with van der Waals surface area (Å²) in [5.41, 5.74) is 3.37. The zero-order valence-corrected chi connectivity index (χ0v) is 18.7. The summed E-state index contributed by atoms with van der Waals surface area (Å²) in [6.45, 7) is 8.48. The zero-order valence-electron chi connectivity index (χ0n) is 17.9. The molecule has 0 bridgehead atoms. The molecule has 2 aromatic rings. The minimum absolute atomic E-state index is 0.0882. The van der Waals surface area contributed by atoms with Crippen molar-refractivity contribution < 1.29 is 4.39 Å². The van der Waals surface area contributed by atoms with Crippen LogP contribution < -0.4 is 11.2 Å². The number of nitrogens with zero attached hydrogens (tertiary/aromatic N) is 3. The molecule has 0 aromatic heterocycles. The molecule has 2 aliphatic heterocycles. The highest BCUT2D eigenvalue weighted by Gasteiger charge is 2.19. The van der Waals surface area contributed by atoms with Crippen molar-refractivity contribution in [1.82, 2.24) is 19.5 Å². The molecule has 162 valence electrons. The molecule has 0 saturated carbocycles. The van der Waals surface area contributed by atoms with Gasteiger partial charge in [-0.05, 0) is 67.6 Å². The first-order valence-corrected chi connectivity index (χ1v) is 10.6. The van der Waals surface area contributed by atoms with E-state index in [4.69, 9.17) is 11.6 Å². The number of fused-ring (bicyclic) bond motifs is 2. The van der Waals surface area contributed by atoms with E-state index in [9.17, 15) is 14.0 Å². The van der Waals surface area contributed by atoms with E-state index < -0.39 is 17.1 Å². The van der Waals surface area contributed by atoms with E-state index in [0.29, 0.717) is 24.9 Å².